The van der Waals surface area contributed by atoms with Crippen molar-refractivity contribution >= 4 is 59.3 Å². The second kappa shape index (κ2) is 13.7. The first-order chi connectivity index (χ1) is 26.8. The van der Waals surface area contributed by atoms with E-state index < -0.39 is 0 Å². The van der Waals surface area contributed by atoms with E-state index in [0.717, 1.165) is 17.1 Å². The molecule has 0 amide bonds. The highest BCUT2D eigenvalue weighted by molar-refractivity contribution is 7.25. The van der Waals surface area contributed by atoms with Gasteiger partial charge in [-0.3, -0.25) is 0 Å². The largest absolute Gasteiger partial charge is 0.310 e. The Morgan fingerprint density at radius 1 is 0.296 bits per heavy atom. The van der Waals surface area contributed by atoms with E-state index in [1.807, 2.05) is 11.3 Å². The molecule has 0 fully saturated rings. The molecule has 0 N–H and O–H groups in total. The van der Waals surface area contributed by atoms with E-state index in [4.69, 9.17) is 0 Å². The number of nitrogens with zero attached hydrogens (tertiary/aromatic N) is 1. The highest BCUT2D eigenvalue weighted by atomic mass is 32.1. The van der Waals surface area contributed by atoms with Crippen LogP contribution >= 0.6 is 11.3 Å². The van der Waals surface area contributed by atoms with E-state index in [9.17, 15) is 0 Å². The third-order valence-corrected chi connectivity index (χ3v) is 11.7. The molecule has 54 heavy (non-hydrogen) atoms. The van der Waals surface area contributed by atoms with Crippen LogP contribution in [0.1, 0.15) is 0 Å². The van der Waals surface area contributed by atoms with Gasteiger partial charge in [-0.1, -0.05) is 164 Å². The minimum absolute atomic E-state index is 1.10. The van der Waals surface area contributed by atoms with E-state index in [0.29, 0.717) is 0 Å². The van der Waals surface area contributed by atoms with Gasteiger partial charge in [0, 0.05) is 37.1 Å². The first-order valence-corrected chi connectivity index (χ1v) is 19.2. The molecule has 0 aliphatic heterocycles. The lowest BCUT2D eigenvalue weighted by molar-refractivity contribution is 1.28. The van der Waals surface area contributed by atoms with Crippen molar-refractivity contribution < 1.29 is 0 Å². The Balaban J connectivity index is 1.08. The summed E-state index contributed by atoms with van der Waals surface area (Å²) in [5.74, 6) is 0. The average Bonchev–Trinajstić information content (AvgIpc) is 3.63. The van der Waals surface area contributed by atoms with E-state index in [1.54, 1.807) is 0 Å². The Morgan fingerprint density at radius 2 is 0.796 bits per heavy atom. The molecule has 0 spiro atoms. The van der Waals surface area contributed by atoms with Crippen LogP contribution in [0.4, 0.5) is 17.1 Å². The second-order valence-corrected chi connectivity index (χ2v) is 14.8. The quantitative estimate of drug-likeness (QED) is 0.160. The smallest absolute Gasteiger partial charge is 0.0540 e. The number of para-hydroxylation sites is 1. The minimum Gasteiger partial charge on any atom is -0.310 e. The first kappa shape index (κ1) is 32.0. The van der Waals surface area contributed by atoms with Gasteiger partial charge in [-0.15, -0.1) is 11.3 Å². The summed E-state index contributed by atoms with van der Waals surface area (Å²) in [5.41, 5.74) is 13.0. The van der Waals surface area contributed by atoms with Gasteiger partial charge in [0.05, 0.1) is 5.69 Å². The Bertz CT molecular complexity index is 2900. The summed E-state index contributed by atoms with van der Waals surface area (Å²) in [6, 6.07) is 77.1. The fourth-order valence-electron chi connectivity index (χ4n) is 7.79. The van der Waals surface area contributed by atoms with Crippen molar-refractivity contribution in [3.05, 3.63) is 212 Å². The molecule has 0 radical (unpaired) electrons. The van der Waals surface area contributed by atoms with Crippen molar-refractivity contribution in [3.8, 4) is 44.5 Å². The molecule has 10 aromatic rings. The number of rotatable bonds is 7. The van der Waals surface area contributed by atoms with Crippen molar-refractivity contribution in [2.75, 3.05) is 4.90 Å². The summed E-state index contributed by atoms with van der Waals surface area (Å²) in [5, 5.41) is 5.13. The van der Waals surface area contributed by atoms with Gasteiger partial charge in [-0.2, -0.15) is 0 Å². The van der Waals surface area contributed by atoms with Crippen molar-refractivity contribution in [1.82, 2.24) is 0 Å². The summed E-state index contributed by atoms with van der Waals surface area (Å²) in [6.45, 7) is 0. The highest BCUT2D eigenvalue weighted by Crippen LogP contribution is 2.44. The Labute approximate surface area is 319 Å². The monoisotopic (exact) mass is 705 g/mol. The Morgan fingerprint density at radius 3 is 1.54 bits per heavy atom. The van der Waals surface area contributed by atoms with Crippen molar-refractivity contribution in [1.29, 1.82) is 0 Å². The topological polar surface area (TPSA) is 3.24 Å². The van der Waals surface area contributed by atoms with Crippen LogP contribution in [0.25, 0.3) is 75.5 Å². The molecule has 1 heterocycles. The second-order valence-electron chi connectivity index (χ2n) is 13.7. The lowest BCUT2D eigenvalue weighted by Crippen LogP contribution is -2.11. The van der Waals surface area contributed by atoms with Crippen molar-refractivity contribution in [3.63, 3.8) is 0 Å². The maximum absolute atomic E-state index is 2.40. The van der Waals surface area contributed by atoms with E-state index in [2.05, 4.69) is 217 Å². The normalized spacial score (nSPS) is 11.3. The Kier molecular flexibility index (Phi) is 8.09. The molecule has 1 nitrogen and oxygen atoms in total. The molecule has 0 saturated heterocycles. The van der Waals surface area contributed by atoms with Crippen LogP contribution in [0.15, 0.2) is 212 Å². The predicted molar refractivity (Wildman–Crippen MR) is 233 cm³/mol. The zero-order chi connectivity index (χ0) is 35.8. The molecule has 0 saturated carbocycles. The fraction of sp³-hybridized carbons (Fsp3) is 0. The molecule has 10 rings (SSSR count). The highest BCUT2D eigenvalue weighted by Gasteiger charge is 2.19. The molecule has 0 atom stereocenters. The lowest BCUT2D eigenvalue weighted by atomic mass is 9.97. The van der Waals surface area contributed by atoms with Crippen LogP contribution in [-0.2, 0) is 0 Å². The summed E-state index contributed by atoms with van der Waals surface area (Å²) in [7, 11) is 0. The van der Waals surface area contributed by atoms with Crippen LogP contribution < -0.4 is 4.90 Å². The molecule has 2 heteroatoms. The zero-order valence-corrected chi connectivity index (χ0v) is 30.4. The standard InChI is InChI=1S/C52H35NS/c1-2-11-36(12-3-1)37-21-23-38(24-22-37)39-25-30-43(31-26-39)53(44-32-27-41(28-33-44)46-18-10-14-40-13-4-5-15-45(40)46)50-19-8-6-16-47(50)42-29-34-52-49(35-42)48-17-7-9-20-51(48)54-52/h1-35H. The van der Waals surface area contributed by atoms with Crippen LogP contribution in [-0.4, -0.2) is 0 Å². The third kappa shape index (κ3) is 5.84. The molecule has 0 unspecified atom stereocenters. The summed E-state index contributed by atoms with van der Waals surface area (Å²) >= 11 is 1.86. The zero-order valence-electron chi connectivity index (χ0n) is 29.6. The number of fused-ring (bicyclic) bond motifs is 4. The SMILES string of the molecule is c1ccc(-c2ccc(-c3ccc(N(c4ccc(-c5cccc6ccccc56)cc4)c4ccccc4-c4ccc5sc6ccccc6c5c4)cc3)cc2)cc1. The lowest BCUT2D eigenvalue weighted by Gasteiger charge is -2.28. The van der Waals surface area contributed by atoms with Crippen LogP contribution in [0.3, 0.4) is 0 Å². The van der Waals surface area contributed by atoms with E-state index in [-0.39, 0.29) is 0 Å². The molecule has 0 bridgehead atoms. The van der Waals surface area contributed by atoms with E-state index >= 15 is 0 Å². The van der Waals surface area contributed by atoms with Gasteiger partial charge in [-0.25, -0.2) is 0 Å². The molecule has 254 valence electrons. The van der Waals surface area contributed by atoms with Crippen LogP contribution in [0, 0.1) is 0 Å². The molecule has 9 aromatic carbocycles. The van der Waals surface area contributed by atoms with Gasteiger partial charge in [0.25, 0.3) is 0 Å². The molecule has 1 aromatic heterocycles. The summed E-state index contributed by atoms with van der Waals surface area (Å²) in [6.07, 6.45) is 0. The van der Waals surface area contributed by atoms with Crippen molar-refractivity contribution in [2.24, 2.45) is 0 Å². The number of anilines is 3. The van der Waals surface area contributed by atoms with Crippen molar-refractivity contribution in [2.45, 2.75) is 0 Å². The maximum Gasteiger partial charge on any atom is 0.0540 e. The van der Waals surface area contributed by atoms with Gasteiger partial charge in [-0.05, 0) is 98.2 Å². The van der Waals surface area contributed by atoms with Gasteiger partial charge in [0.2, 0.25) is 0 Å². The fourth-order valence-corrected chi connectivity index (χ4v) is 8.88. The van der Waals surface area contributed by atoms with Gasteiger partial charge in [0.15, 0.2) is 0 Å². The minimum atomic E-state index is 1.10. The van der Waals surface area contributed by atoms with Gasteiger partial charge < -0.3 is 4.90 Å². The van der Waals surface area contributed by atoms with Gasteiger partial charge in [0.1, 0.15) is 0 Å². The predicted octanol–water partition coefficient (Wildman–Crippen LogP) is 15.3. The van der Waals surface area contributed by atoms with E-state index in [1.165, 1.54) is 75.5 Å². The first-order valence-electron chi connectivity index (χ1n) is 18.4. The number of benzene rings is 9. The van der Waals surface area contributed by atoms with Crippen LogP contribution in [0.2, 0.25) is 0 Å². The summed E-state index contributed by atoms with van der Waals surface area (Å²) < 4.78 is 2.63. The van der Waals surface area contributed by atoms with Crippen LogP contribution in [0.5, 0.6) is 0 Å². The Hall–Kier alpha value is -6.74. The number of thiophene rings is 1. The molecule has 0 aliphatic carbocycles. The molecule has 0 aliphatic rings. The summed E-state index contributed by atoms with van der Waals surface area (Å²) in [4.78, 5) is 2.40. The van der Waals surface area contributed by atoms with Gasteiger partial charge >= 0.3 is 0 Å². The molecular formula is C52H35NS. The third-order valence-electron chi connectivity index (χ3n) is 10.5. The maximum atomic E-state index is 2.40. The average molecular weight is 706 g/mol. The number of hydrogen-bond donors (Lipinski definition) is 0. The molecular weight excluding hydrogens is 671 g/mol. The number of hydrogen-bond acceptors (Lipinski definition) is 2.